The van der Waals surface area contributed by atoms with Crippen molar-refractivity contribution in [2.75, 3.05) is 36.5 Å². The predicted molar refractivity (Wildman–Crippen MR) is 92.0 cm³/mol. The fraction of sp³-hybridized carbons (Fsp3) is 0.588. The zero-order valence-electron chi connectivity index (χ0n) is 12.9. The molecule has 0 aromatic heterocycles. The van der Waals surface area contributed by atoms with Gasteiger partial charge in [0.1, 0.15) is 0 Å². The summed E-state index contributed by atoms with van der Waals surface area (Å²) in [5.74, 6) is 1.68. The first kappa shape index (κ1) is 16.4. The highest BCUT2D eigenvalue weighted by Crippen LogP contribution is 2.12. The minimum absolute atomic E-state index is 0.0970. The Morgan fingerprint density at radius 3 is 2.48 bits per heavy atom. The van der Waals surface area contributed by atoms with E-state index in [0.717, 1.165) is 18.0 Å². The molecule has 1 fully saturated rings. The van der Waals surface area contributed by atoms with Crippen LogP contribution < -0.4 is 5.32 Å². The second-order valence-corrected chi connectivity index (χ2v) is 6.83. The monoisotopic (exact) mass is 306 g/mol. The average molecular weight is 306 g/mol. The zero-order valence-corrected chi connectivity index (χ0v) is 13.8. The highest BCUT2D eigenvalue weighted by molar-refractivity contribution is 7.99. The number of anilines is 1. The van der Waals surface area contributed by atoms with E-state index in [2.05, 4.69) is 10.2 Å². The Hall–Kier alpha value is -1.00. The molecule has 1 amide bonds. The number of amides is 1. The molecule has 1 aromatic carbocycles. The van der Waals surface area contributed by atoms with Crippen molar-refractivity contribution < 1.29 is 4.79 Å². The molecule has 1 aliphatic heterocycles. The summed E-state index contributed by atoms with van der Waals surface area (Å²) in [5, 5.41) is 2.94. The largest absolute Gasteiger partial charge is 0.325 e. The summed E-state index contributed by atoms with van der Waals surface area (Å²) in [6, 6.07) is 7.94. The van der Waals surface area contributed by atoms with E-state index in [1.165, 1.54) is 44.3 Å². The number of aryl methyl sites for hydroxylation is 1. The molecule has 116 valence electrons. The highest BCUT2D eigenvalue weighted by atomic mass is 32.2. The van der Waals surface area contributed by atoms with E-state index in [-0.39, 0.29) is 5.91 Å². The van der Waals surface area contributed by atoms with Crippen molar-refractivity contribution in [3.8, 4) is 0 Å². The van der Waals surface area contributed by atoms with Gasteiger partial charge in [0.05, 0.1) is 5.75 Å². The number of nitrogens with one attached hydrogen (secondary N) is 1. The lowest BCUT2D eigenvalue weighted by Gasteiger charge is -2.19. The van der Waals surface area contributed by atoms with Gasteiger partial charge in [-0.25, -0.2) is 0 Å². The van der Waals surface area contributed by atoms with Crippen LogP contribution in [0.1, 0.15) is 31.2 Å². The summed E-state index contributed by atoms with van der Waals surface area (Å²) in [6.45, 7) is 5.62. The van der Waals surface area contributed by atoms with Gasteiger partial charge in [-0.3, -0.25) is 4.79 Å². The third-order valence-electron chi connectivity index (χ3n) is 3.82. The van der Waals surface area contributed by atoms with Gasteiger partial charge in [-0.1, -0.05) is 30.5 Å². The van der Waals surface area contributed by atoms with Crippen LogP contribution in [0.4, 0.5) is 5.69 Å². The van der Waals surface area contributed by atoms with Gasteiger partial charge in [-0.05, 0) is 45.0 Å². The minimum atomic E-state index is 0.0970. The second-order valence-electron chi connectivity index (χ2n) is 5.72. The Labute approximate surface area is 132 Å². The lowest BCUT2D eigenvalue weighted by atomic mass is 10.2. The molecule has 0 atom stereocenters. The maximum absolute atomic E-state index is 11.9. The number of carbonyl (C=O) groups is 1. The quantitative estimate of drug-likeness (QED) is 0.816. The van der Waals surface area contributed by atoms with Crippen molar-refractivity contribution in [2.24, 2.45) is 0 Å². The molecule has 2 rings (SSSR count). The number of rotatable bonds is 6. The van der Waals surface area contributed by atoms with Crippen LogP contribution in [0.15, 0.2) is 24.3 Å². The average Bonchev–Trinajstić information content (AvgIpc) is 2.75. The maximum atomic E-state index is 11.9. The Bertz CT molecular complexity index is 425. The van der Waals surface area contributed by atoms with E-state index in [0.29, 0.717) is 5.75 Å². The molecule has 1 N–H and O–H groups in total. The van der Waals surface area contributed by atoms with E-state index in [1.54, 1.807) is 11.8 Å². The molecular weight excluding hydrogens is 280 g/mol. The number of nitrogens with zero attached hydrogens (tertiary/aromatic N) is 1. The molecule has 1 aliphatic rings. The van der Waals surface area contributed by atoms with E-state index in [9.17, 15) is 4.79 Å². The van der Waals surface area contributed by atoms with Gasteiger partial charge in [0.25, 0.3) is 0 Å². The molecule has 1 aromatic rings. The molecular formula is C17H26N2OS. The van der Waals surface area contributed by atoms with Crippen molar-refractivity contribution >= 4 is 23.4 Å². The number of hydrogen-bond acceptors (Lipinski definition) is 3. The molecule has 0 radical (unpaired) electrons. The van der Waals surface area contributed by atoms with Gasteiger partial charge in [0, 0.05) is 18.0 Å². The highest BCUT2D eigenvalue weighted by Gasteiger charge is 2.09. The first-order valence-electron chi connectivity index (χ1n) is 7.91. The second kappa shape index (κ2) is 9.11. The molecule has 3 nitrogen and oxygen atoms in total. The van der Waals surface area contributed by atoms with Crippen LogP contribution in [-0.2, 0) is 4.79 Å². The number of benzene rings is 1. The Balaban J connectivity index is 1.59. The summed E-state index contributed by atoms with van der Waals surface area (Å²) in [5.41, 5.74) is 2.10. The topological polar surface area (TPSA) is 32.3 Å². The lowest BCUT2D eigenvalue weighted by molar-refractivity contribution is -0.113. The number of hydrogen-bond donors (Lipinski definition) is 1. The molecule has 0 aliphatic carbocycles. The Morgan fingerprint density at radius 2 is 1.81 bits per heavy atom. The summed E-state index contributed by atoms with van der Waals surface area (Å²) < 4.78 is 0. The van der Waals surface area contributed by atoms with Gasteiger partial charge in [0.15, 0.2) is 0 Å². The van der Waals surface area contributed by atoms with Crippen molar-refractivity contribution in [3.63, 3.8) is 0 Å². The van der Waals surface area contributed by atoms with E-state index < -0.39 is 0 Å². The van der Waals surface area contributed by atoms with Crippen LogP contribution in [0.2, 0.25) is 0 Å². The molecule has 0 bridgehead atoms. The summed E-state index contributed by atoms with van der Waals surface area (Å²) >= 11 is 1.73. The van der Waals surface area contributed by atoms with Gasteiger partial charge in [-0.2, -0.15) is 11.8 Å². The third-order valence-corrected chi connectivity index (χ3v) is 4.76. The van der Waals surface area contributed by atoms with E-state index in [4.69, 9.17) is 0 Å². The normalized spacial score (nSPS) is 16.4. The Morgan fingerprint density at radius 1 is 1.14 bits per heavy atom. The molecule has 0 spiro atoms. The van der Waals surface area contributed by atoms with Crippen LogP contribution in [0.3, 0.4) is 0 Å². The van der Waals surface area contributed by atoms with Crippen LogP contribution in [0.5, 0.6) is 0 Å². The minimum Gasteiger partial charge on any atom is -0.325 e. The van der Waals surface area contributed by atoms with Crippen molar-refractivity contribution in [1.82, 2.24) is 4.90 Å². The SMILES string of the molecule is Cc1ccc(NC(=O)CSCCN2CCCCCC2)cc1. The number of carbonyl (C=O) groups excluding carboxylic acids is 1. The molecule has 1 saturated heterocycles. The van der Waals surface area contributed by atoms with Crippen LogP contribution in [0, 0.1) is 6.92 Å². The van der Waals surface area contributed by atoms with Gasteiger partial charge in [0.2, 0.25) is 5.91 Å². The molecule has 21 heavy (non-hydrogen) atoms. The van der Waals surface area contributed by atoms with Crippen molar-refractivity contribution in [1.29, 1.82) is 0 Å². The number of likely N-dealkylation sites (tertiary alicyclic amines) is 1. The van der Waals surface area contributed by atoms with Crippen molar-refractivity contribution in [3.05, 3.63) is 29.8 Å². The van der Waals surface area contributed by atoms with Gasteiger partial charge >= 0.3 is 0 Å². The Kier molecular flexibility index (Phi) is 7.10. The molecule has 1 heterocycles. The fourth-order valence-corrected chi connectivity index (χ4v) is 3.34. The fourth-order valence-electron chi connectivity index (χ4n) is 2.55. The summed E-state index contributed by atoms with van der Waals surface area (Å²) in [4.78, 5) is 14.4. The summed E-state index contributed by atoms with van der Waals surface area (Å²) in [7, 11) is 0. The molecule has 0 unspecified atom stereocenters. The predicted octanol–water partition coefficient (Wildman–Crippen LogP) is 3.54. The van der Waals surface area contributed by atoms with Crippen LogP contribution >= 0.6 is 11.8 Å². The molecule has 4 heteroatoms. The van der Waals surface area contributed by atoms with Crippen molar-refractivity contribution in [2.45, 2.75) is 32.6 Å². The number of thioether (sulfide) groups is 1. The van der Waals surface area contributed by atoms with Gasteiger partial charge < -0.3 is 10.2 Å². The zero-order chi connectivity index (χ0) is 14.9. The smallest absolute Gasteiger partial charge is 0.234 e. The third kappa shape index (κ3) is 6.53. The van der Waals surface area contributed by atoms with E-state index >= 15 is 0 Å². The van der Waals surface area contributed by atoms with Gasteiger partial charge in [-0.15, -0.1) is 0 Å². The first-order valence-corrected chi connectivity index (χ1v) is 9.06. The first-order chi connectivity index (χ1) is 10.2. The van der Waals surface area contributed by atoms with E-state index in [1.807, 2.05) is 31.2 Å². The summed E-state index contributed by atoms with van der Waals surface area (Å²) in [6.07, 6.45) is 5.42. The molecule has 0 saturated carbocycles. The van der Waals surface area contributed by atoms with Crippen LogP contribution in [0.25, 0.3) is 0 Å². The lowest BCUT2D eigenvalue weighted by Crippen LogP contribution is -2.27. The van der Waals surface area contributed by atoms with Crippen LogP contribution in [-0.4, -0.2) is 41.9 Å². The standard InChI is InChI=1S/C17H26N2OS/c1-15-6-8-16(9-7-15)18-17(20)14-21-13-12-19-10-4-2-3-5-11-19/h6-9H,2-5,10-14H2,1H3,(H,18,20). The maximum Gasteiger partial charge on any atom is 0.234 e.